The number of nitrogens with zero attached hydrogens (tertiary/aromatic N) is 2. The number of carbonyl (C=O) groups is 2. The molecule has 2 fully saturated rings. The number of hydrogen-bond acceptors (Lipinski definition) is 13. The normalized spacial score (nSPS) is 37.1. The van der Waals surface area contributed by atoms with Gasteiger partial charge in [0.05, 0.1) is 42.0 Å². The van der Waals surface area contributed by atoms with Crippen LogP contribution in [0.3, 0.4) is 0 Å². The second-order valence-electron chi connectivity index (χ2n) is 17.4. The van der Waals surface area contributed by atoms with Crippen molar-refractivity contribution in [3.05, 3.63) is 71.5 Å². The van der Waals surface area contributed by atoms with Crippen LogP contribution in [-0.4, -0.2) is 124 Å². The van der Waals surface area contributed by atoms with Gasteiger partial charge in [-0.2, -0.15) is 0 Å². The lowest BCUT2D eigenvalue weighted by atomic mass is 9.73. The summed E-state index contributed by atoms with van der Waals surface area (Å²) in [6, 6.07) is 14.7. The molecule has 13 nitrogen and oxygen atoms in total. The molecule has 2 heterocycles. The highest BCUT2D eigenvalue weighted by atomic mass is 19.1. The average Bonchev–Trinajstić information content (AvgIpc) is 3.18. The smallest absolute Gasteiger partial charge is 0.312 e. The van der Waals surface area contributed by atoms with Crippen LogP contribution in [0.5, 0.6) is 0 Å². The molecule has 330 valence electrons. The van der Waals surface area contributed by atoms with Gasteiger partial charge in [-0.1, -0.05) is 75.3 Å². The van der Waals surface area contributed by atoms with Gasteiger partial charge < -0.3 is 49.1 Å². The Morgan fingerprint density at radius 1 is 0.966 bits per heavy atom. The van der Waals surface area contributed by atoms with Crippen LogP contribution in [0.25, 0.3) is 0 Å². The average molecular weight is 831 g/mol. The van der Waals surface area contributed by atoms with Crippen molar-refractivity contribution in [3.63, 3.8) is 0 Å². The van der Waals surface area contributed by atoms with E-state index >= 15 is 0 Å². The fourth-order valence-electron chi connectivity index (χ4n) is 8.68. The van der Waals surface area contributed by atoms with Crippen LogP contribution in [0, 0.1) is 29.5 Å². The largest absolute Gasteiger partial charge is 0.461 e. The van der Waals surface area contributed by atoms with Gasteiger partial charge in [0.2, 0.25) is 0 Å². The molecule has 0 bridgehead atoms. The maximum absolute atomic E-state index is 14.2. The first-order valence-corrected chi connectivity index (χ1v) is 20.8. The van der Waals surface area contributed by atoms with E-state index < -0.39 is 89.4 Å². The van der Waals surface area contributed by atoms with Crippen molar-refractivity contribution in [2.45, 2.75) is 148 Å². The highest BCUT2D eigenvalue weighted by molar-refractivity contribution is 5.88. The summed E-state index contributed by atoms with van der Waals surface area (Å²) in [6.45, 7) is 13.4. The zero-order valence-electron chi connectivity index (χ0n) is 36.3. The lowest BCUT2D eigenvalue weighted by molar-refractivity contribution is -0.299. The number of esters is 2. The molecule has 2 aromatic rings. The SMILES string of the molecule is CC[C@@H]1OC(=O)[C@H](C)[C@@H](OC(=O)Cc2ccc(F)cc2)[C@H](C)[C@@H](O[C@@H]2O[C@H](C)C[C@H](N(C)C)[C@H]2O)[C@@](C)(O)C[C@H](C)/C(=N\OCCc2ccccc2)[C@@H](C)[C@@H](O)[C@]1(C)O. The molecule has 59 heavy (non-hydrogen) atoms. The minimum Gasteiger partial charge on any atom is -0.461 e. The maximum Gasteiger partial charge on any atom is 0.312 e. The number of rotatable bonds is 11. The van der Waals surface area contributed by atoms with Gasteiger partial charge in [-0.05, 0) is 84.3 Å². The molecule has 0 spiro atoms. The first-order valence-electron chi connectivity index (χ1n) is 20.8. The van der Waals surface area contributed by atoms with Gasteiger partial charge in [0.25, 0.3) is 0 Å². The Balaban J connectivity index is 1.82. The molecule has 2 saturated heterocycles. The molecule has 0 radical (unpaired) electrons. The third-order valence-electron chi connectivity index (χ3n) is 12.1. The number of oxime groups is 1. The van der Waals surface area contributed by atoms with E-state index in [-0.39, 0.29) is 38.0 Å². The number of aliphatic hydroxyl groups excluding tert-OH is 2. The molecule has 2 aliphatic heterocycles. The molecule has 0 aromatic heterocycles. The van der Waals surface area contributed by atoms with E-state index in [0.29, 0.717) is 24.1 Å². The molecule has 0 saturated carbocycles. The minimum atomic E-state index is -1.99. The predicted molar refractivity (Wildman–Crippen MR) is 220 cm³/mol. The number of likely N-dealkylation sites (N-methyl/N-ethyl adjacent to an activating group) is 1. The predicted octanol–water partition coefficient (Wildman–Crippen LogP) is 4.84. The molecule has 14 atom stereocenters. The van der Waals surface area contributed by atoms with Crippen LogP contribution in [0.2, 0.25) is 0 Å². The Morgan fingerprint density at radius 2 is 1.61 bits per heavy atom. The van der Waals surface area contributed by atoms with Crippen molar-refractivity contribution in [2.24, 2.45) is 28.8 Å². The fraction of sp³-hybridized carbons (Fsp3) is 0.667. The summed E-state index contributed by atoms with van der Waals surface area (Å²) >= 11 is 0. The third-order valence-corrected chi connectivity index (χ3v) is 12.1. The van der Waals surface area contributed by atoms with Crippen molar-refractivity contribution in [1.82, 2.24) is 4.90 Å². The topological polar surface area (TPSA) is 177 Å². The first kappa shape index (κ1) is 48.2. The summed E-state index contributed by atoms with van der Waals surface area (Å²) in [5.74, 6) is -5.67. The van der Waals surface area contributed by atoms with E-state index in [1.54, 1.807) is 27.7 Å². The number of aliphatic hydroxyl groups is 4. The lowest BCUT2D eigenvalue weighted by Gasteiger charge is -2.47. The summed E-state index contributed by atoms with van der Waals surface area (Å²) < 4.78 is 38.6. The third kappa shape index (κ3) is 12.3. The summed E-state index contributed by atoms with van der Waals surface area (Å²) in [5, 5.41) is 52.6. The molecule has 2 aliphatic rings. The second-order valence-corrected chi connectivity index (χ2v) is 17.4. The van der Waals surface area contributed by atoms with Crippen LogP contribution in [-0.2, 0) is 46.2 Å². The molecule has 0 unspecified atom stereocenters. The number of ether oxygens (including phenoxy) is 4. The van der Waals surface area contributed by atoms with Gasteiger partial charge in [-0.15, -0.1) is 0 Å². The monoisotopic (exact) mass is 830 g/mol. The highest BCUT2D eigenvalue weighted by Crippen LogP contribution is 2.39. The number of benzene rings is 2. The summed E-state index contributed by atoms with van der Waals surface area (Å²) in [7, 11) is 3.68. The van der Waals surface area contributed by atoms with E-state index in [4.69, 9.17) is 23.8 Å². The van der Waals surface area contributed by atoms with Gasteiger partial charge in [0.1, 0.15) is 36.3 Å². The Labute approximate surface area is 348 Å². The van der Waals surface area contributed by atoms with Crippen LogP contribution >= 0.6 is 0 Å². The van der Waals surface area contributed by atoms with Crippen molar-refractivity contribution < 1.29 is 58.2 Å². The van der Waals surface area contributed by atoms with Crippen molar-refractivity contribution in [3.8, 4) is 0 Å². The van der Waals surface area contributed by atoms with Gasteiger partial charge in [-0.25, -0.2) is 4.39 Å². The summed E-state index contributed by atoms with van der Waals surface area (Å²) in [5.41, 5.74) is -1.95. The first-order chi connectivity index (χ1) is 27.7. The van der Waals surface area contributed by atoms with Crippen LogP contribution in [0.15, 0.2) is 59.8 Å². The second kappa shape index (κ2) is 20.8. The van der Waals surface area contributed by atoms with Crippen molar-refractivity contribution >= 4 is 17.7 Å². The Morgan fingerprint density at radius 3 is 2.22 bits per heavy atom. The zero-order chi connectivity index (χ0) is 43.8. The van der Waals surface area contributed by atoms with E-state index in [1.165, 1.54) is 38.1 Å². The van der Waals surface area contributed by atoms with E-state index in [9.17, 15) is 34.4 Å². The van der Waals surface area contributed by atoms with E-state index in [0.717, 1.165) is 5.56 Å². The van der Waals surface area contributed by atoms with Gasteiger partial charge in [0, 0.05) is 30.2 Å². The summed E-state index contributed by atoms with van der Waals surface area (Å²) in [4.78, 5) is 35.6. The molecule has 2 aromatic carbocycles. The minimum absolute atomic E-state index is 0.0517. The maximum atomic E-state index is 14.2. The highest BCUT2D eigenvalue weighted by Gasteiger charge is 2.52. The summed E-state index contributed by atoms with van der Waals surface area (Å²) in [6.07, 6.45) is -7.10. The quantitative estimate of drug-likeness (QED) is 0.138. The molecule has 4 rings (SSSR count). The Bertz CT molecular complexity index is 1670. The van der Waals surface area contributed by atoms with Gasteiger partial charge in [0.15, 0.2) is 6.29 Å². The fourth-order valence-corrected chi connectivity index (χ4v) is 8.68. The number of halogens is 1. The Hall–Kier alpha value is -3.50. The number of carbonyl (C=O) groups excluding carboxylic acids is 2. The van der Waals surface area contributed by atoms with E-state index in [1.807, 2.05) is 63.2 Å². The van der Waals surface area contributed by atoms with Crippen LogP contribution in [0.4, 0.5) is 4.39 Å². The molecular weight excluding hydrogens is 763 g/mol. The molecule has 0 amide bonds. The zero-order valence-corrected chi connectivity index (χ0v) is 36.3. The van der Waals surface area contributed by atoms with E-state index in [2.05, 4.69) is 5.16 Å². The number of cyclic esters (lactones) is 1. The Kier molecular flexibility index (Phi) is 17.0. The van der Waals surface area contributed by atoms with Crippen LogP contribution in [0.1, 0.15) is 85.8 Å². The lowest BCUT2D eigenvalue weighted by Crippen LogP contribution is -2.60. The van der Waals surface area contributed by atoms with Gasteiger partial charge >= 0.3 is 11.9 Å². The molecule has 4 N–H and O–H groups in total. The molecule has 14 heteroatoms. The number of hydrogen-bond donors (Lipinski definition) is 4. The van der Waals surface area contributed by atoms with Crippen molar-refractivity contribution in [2.75, 3.05) is 20.7 Å². The standard InChI is InChI=1S/C45H67FN2O11/c1-11-35-45(8,54)40(51)28(4)37(47-55-22-21-31-15-13-12-14-16-31)26(2)25-44(7,53)41(59-43-38(50)34(48(9)10)23-27(3)56-43)29(5)39(30(6)42(52)57-35)58-36(49)24-32-17-19-33(46)20-18-32/h12-20,26-30,34-35,38-41,43,50-51,53-54H,11,21-25H2,1-10H3/b47-37+/t26-,27+,28+,29-,30+,34-,35-,38+,39-,40+,41+,43-,44-,45+/m0/s1. The molecular formula is C45H67FN2O11. The van der Waals surface area contributed by atoms with Crippen molar-refractivity contribution in [1.29, 1.82) is 0 Å². The molecule has 0 aliphatic carbocycles. The van der Waals surface area contributed by atoms with Gasteiger partial charge in [-0.3, -0.25) is 9.59 Å². The van der Waals surface area contributed by atoms with Crippen LogP contribution < -0.4 is 0 Å².